The van der Waals surface area contributed by atoms with E-state index in [1.165, 1.54) is 103 Å². The summed E-state index contributed by atoms with van der Waals surface area (Å²) in [6.07, 6.45) is 27.9. The van der Waals surface area contributed by atoms with Crippen molar-refractivity contribution in [1.82, 2.24) is 5.32 Å². The molecule has 0 aliphatic heterocycles. The third kappa shape index (κ3) is 24.4. The summed E-state index contributed by atoms with van der Waals surface area (Å²) in [4.78, 5) is 38.0. The maximum atomic E-state index is 12.8. The molecule has 270 valence electrons. The van der Waals surface area contributed by atoms with Crippen molar-refractivity contribution < 1.29 is 28.6 Å². The molecule has 1 amide bonds. The summed E-state index contributed by atoms with van der Waals surface area (Å²) in [7, 11) is 0. The Morgan fingerprint density at radius 2 is 0.913 bits per heavy atom. The highest BCUT2D eigenvalue weighted by atomic mass is 16.6. The number of rotatable bonds is 27. The summed E-state index contributed by atoms with van der Waals surface area (Å²) < 4.78 is 17.2. The molecule has 3 atom stereocenters. The monoisotopic (exact) mass is 652 g/mol. The van der Waals surface area contributed by atoms with Crippen LogP contribution in [0.15, 0.2) is 0 Å². The van der Waals surface area contributed by atoms with Gasteiger partial charge in [-0.25, -0.2) is 4.79 Å². The van der Waals surface area contributed by atoms with E-state index in [9.17, 15) is 14.4 Å². The summed E-state index contributed by atoms with van der Waals surface area (Å²) in [5.74, 6) is -0.462. The van der Waals surface area contributed by atoms with Crippen LogP contribution in [-0.2, 0) is 23.8 Å². The number of hydrogen-bond acceptors (Lipinski definition) is 6. The lowest BCUT2D eigenvalue weighted by molar-refractivity contribution is -0.172. The highest BCUT2D eigenvalue weighted by molar-refractivity contribution is 5.71. The zero-order chi connectivity index (χ0) is 33.9. The first-order chi connectivity index (χ1) is 22.1. The number of alkyl carbamates (subject to hydrolysis) is 1. The van der Waals surface area contributed by atoms with Crippen molar-refractivity contribution in [3.8, 4) is 0 Å². The lowest BCUT2D eigenvalue weighted by Crippen LogP contribution is -2.48. The Morgan fingerprint density at radius 1 is 0.543 bits per heavy atom. The van der Waals surface area contributed by atoms with Crippen molar-refractivity contribution in [2.45, 2.75) is 232 Å². The summed E-state index contributed by atoms with van der Waals surface area (Å²) in [6.45, 7) is 9.99. The maximum Gasteiger partial charge on any atom is 0.407 e. The molecule has 0 bridgehead atoms. The quantitative estimate of drug-likeness (QED) is 0.0540. The Labute approximate surface area is 283 Å². The van der Waals surface area contributed by atoms with E-state index in [4.69, 9.17) is 14.2 Å². The Bertz CT molecular complexity index is 779. The molecule has 0 saturated heterocycles. The molecule has 1 N–H and O–H groups in total. The van der Waals surface area contributed by atoms with Crippen LogP contribution in [0.3, 0.4) is 0 Å². The van der Waals surface area contributed by atoms with Crippen LogP contribution in [0.2, 0.25) is 0 Å². The second kappa shape index (κ2) is 27.2. The molecule has 1 aliphatic carbocycles. The third-order valence-electron chi connectivity index (χ3n) is 8.99. The van der Waals surface area contributed by atoms with Crippen LogP contribution in [-0.4, -0.2) is 41.9 Å². The number of carbonyl (C=O) groups excluding carboxylic acids is 3. The van der Waals surface area contributed by atoms with Crippen molar-refractivity contribution in [2.24, 2.45) is 0 Å². The molecule has 0 aromatic rings. The third-order valence-corrected chi connectivity index (χ3v) is 8.99. The van der Waals surface area contributed by atoms with E-state index >= 15 is 0 Å². The number of hydrogen-bond donors (Lipinski definition) is 1. The Hall–Kier alpha value is -1.79. The number of unbranched alkanes of at least 4 members (excludes halogenated alkanes) is 20. The van der Waals surface area contributed by atoms with Crippen LogP contribution >= 0.6 is 0 Å². The number of carbonyl (C=O) groups is 3. The van der Waals surface area contributed by atoms with Crippen molar-refractivity contribution in [2.75, 3.05) is 0 Å². The van der Waals surface area contributed by atoms with Crippen molar-refractivity contribution in [3.63, 3.8) is 0 Å². The van der Waals surface area contributed by atoms with Crippen LogP contribution < -0.4 is 5.32 Å². The Balaban J connectivity index is 2.41. The standard InChI is InChI=1S/C39H73NO6/c1-6-8-10-12-14-16-18-20-22-24-26-28-36(41)44-34-31-30-33(40-38(43)46-39(3,4)5)32-35(34)45-37(42)29-27-25-23-21-19-17-15-13-11-9-7-2/h33-35H,6-32H2,1-5H3,(H,40,43). The Kier molecular flexibility index (Phi) is 25.0. The van der Waals surface area contributed by atoms with Crippen molar-refractivity contribution in [3.05, 3.63) is 0 Å². The topological polar surface area (TPSA) is 90.9 Å². The highest BCUT2D eigenvalue weighted by Crippen LogP contribution is 2.27. The molecular weight excluding hydrogens is 578 g/mol. The minimum Gasteiger partial charge on any atom is -0.458 e. The molecule has 0 aromatic carbocycles. The second-order valence-electron chi connectivity index (χ2n) is 14.8. The van der Waals surface area contributed by atoms with Gasteiger partial charge in [0.05, 0.1) is 0 Å². The van der Waals surface area contributed by atoms with Gasteiger partial charge in [0.15, 0.2) is 0 Å². The van der Waals surface area contributed by atoms with Gasteiger partial charge in [-0.15, -0.1) is 0 Å². The molecule has 0 spiro atoms. The van der Waals surface area contributed by atoms with Crippen LogP contribution in [0, 0.1) is 0 Å². The summed E-state index contributed by atoms with van der Waals surface area (Å²) in [6, 6.07) is -0.198. The smallest absolute Gasteiger partial charge is 0.407 e. The number of esters is 2. The molecule has 46 heavy (non-hydrogen) atoms. The van der Waals surface area contributed by atoms with Crippen molar-refractivity contribution in [1.29, 1.82) is 0 Å². The molecule has 1 rings (SSSR count). The predicted octanol–water partition coefficient (Wildman–Crippen LogP) is 11.3. The SMILES string of the molecule is CCCCCCCCCCCCCC(=O)OC1CCC(NC(=O)OC(C)(C)C)CC1OC(=O)CCCCCCCCCCCCC. The normalized spacial score (nSPS) is 18.2. The first kappa shape index (κ1) is 42.2. The molecule has 1 aliphatic rings. The van der Waals surface area contributed by atoms with E-state index in [0.717, 1.165) is 38.5 Å². The number of ether oxygens (including phenoxy) is 3. The predicted molar refractivity (Wildman–Crippen MR) is 189 cm³/mol. The average Bonchev–Trinajstić information content (AvgIpc) is 2.99. The summed E-state index contributed by atoms with van der Waals surface area (Å²) in [5, 5.41) is 2.93. The summed E-state index contributed by atoms with van der Waals surface area (Å²) in [5.41, 5.74) is -0.592. The van der Waals surface area contributed by atoms with E-state index in [0.29, 0.717) is 32.1 Å². The number of amides is 1. The lowest BCUT2D eigenvalue weighted by atomic mass is 9.90. The molecule has 0 heterocycles. The van der Waals surface area contributed by atoms with Crippen LogP contribution in [0.4, 0.5) is 4.79 Å². The minimum absolute atomic E-state index is 0.198. The van der Waals surface area contributed by atoms with E-state index in [-0.39, 0.29) is 18.0 Å². The van der Waals surface area contributed by atoms with Gasteiger partial charge >= 0.3 is 18.0 Å². The van der Waals surface area contributed by atoms with Crippen LogP contribution in [0.5, 0.6) is 0 Å². The van der Waals surface area contributed by atoms with Gasteiger partial charge in [0.1, 0.15) is 17.8 Å². The highest BCUT2D eigenvalue weighted by Gasteiger charge is 2.37. The number of nitrogens with one attached hydrogen (secondary N) is 1. The molecule has 3 unspecified atom stereocenters. The fourth-order valence-corrected chi connectivity index (χ4v) is 6.29. The van der Waals surface area contributed by atoms with Crippen LogP contribution in [0.1, 0.15) is 208 Å². The fourth-order valence-electron chi connectivity index (χ4n) is 6.29. The van der Waals surface area contributed by atoms with Gasteiger partial charge in [0, 0.05) is 25.3 Å². The van der Waals surface area contributed by atoms with Gasteiger partial charge in [0.25, 0.3) is 0 Å². The van der Waals surface area contributed by atoms with Gasteiger partial charge in [-0.2, -0.15) is 0 Å². The molecule has 0 radical (unpaired) electrons. The van der Waals surface area contributed by atoms with Crippen molar-refractivity contribution >= 4 is 18.0 Å². The van der Waals surface area contributed by atoms with E-state index in [2.05, 4.69) is 19.2 Å². The van der Waals surface area contributed by atoms with Gasteiger partial charge in [-0.1, -0.05) is 142 Å². The van der Waals surface area contributed by atoms with Gasteiger partial charge < -0.3 is 19.5 Å². The fraction of sp³-hybridized carbons (Fsp3) is 0.923. The second-order valence-corrected chi connectivity index (χ2v) is 14.8. The maximum absolute atomic E-state index is 12.8. The zero-order valence-electron chi connectivity index (χ0n) is 30.8. The van der Waals surface area contributed by atoms with E-state index in [1.54, 1.807) is 0 Å². The molecule has 0 aromatic heterocycles. The average molecular weight is 652 g/mol. The zero-order valence-corrected chi connectivity index (χ0v) is 30.8. The molecule has 7 nitrogen and oxygen atoms in total. The first-order valence-corrected chi connectivity index (χ1v) is 19.5. The van der Waals surface area contributed by atoms with E-state index in [1.807, 2.05) is 20.8 Å². The van der Waals surface area contributed by atoms with Crippen LogP contribution in [0.25, 0.3) is 0 Å². The van der Waals surface area contributed by atoms with E-state index < -0.39 is 23.9 Å². The lowest BCUT2D eigenvalue weighted by Gasteiger charge is -2.35. The summed E-state index contributed by atoms with van der Waals surface area (Å²) >= 11 is 0. The minimum atomic E-state index is -0.592. The van der Waals surface area contributed by atoms with Gasteiger partial charge in [-0.3, -0.25) is 9.59 Å². The molecular formula is C39H73NO6. The van der Waals surface area contributed by atoms with Gasteiger partial charge in [-0.05, 0) is 46.5 Å². The molecule has 1 saturated carbocycles. The largest absolute Gasteiger partial charge is 0.458 e. The Morgan fingerprint density at radius 3 is 1.30 bits per heavy atom. The first-order valence-electron chi connectivity index (χ1n) is 19.5. The molecule has 7 heteroatoms. The molecule has 1 fully saturated rings. The van der Waals surface area contributed by atoms with Gasteiger partial charge in [0.2, 0.25) is 0 Å².